The van der Waals surface area contributed by atoms with Gasteiger partial charge in [-0.05, 0) is 25.5 Å². The largest absolute Gasteiger partial charge is 0.487 e. The Morgan fingerprint density at radius 1 is 1.14 bits per heavy atom. The van der Waals surface area contributed by atoms with E-state index >= 15 is 0 Å². The molecule has 1 N–H and O–H groups in total. The van der Waals surface area contributed by atoms with E-state index in [1.807, 2.05) is 44.2 Å². The molecule has 0 bridgehead atoms. The van der Waals surface area contributed by atoms with Crippen LogP contribution in [0.5, 0.6) is 5.75 Å². The Labute approximate surface area is 166 Å². The van der Waals surface area contributed by atoms with Gasteiger partial charge in [-0.1, -0.05) is 48.5 Å². The Balaban J connectivity index is 1.94. The molecule has 0 aromatic heterocycles. The first-order chi connectivity index (χ1) is 13.1. The van der Waals surface area contributed by atoms with Crippen LogP contribution in [0.1, 0.15) is 43.5 Å². The number of amides is 1. The molecule has 1 aliphatic rings. The van der Waals surface area contributed by atoms with Gasteiger partial charge in [-0.25, -0.2) is 8.42 Å². The summed E-state index contributed by atoms with van der Waals surface area (Å²) in [7, 11) is -2.15. The van der Waals surface area contributed by atoms with Gasteiger partial charge < -0.3 is 10.1 Å². The average molecular weight is 403 g/mol. The van der Waals surface area contributed by atoms with E-state index in [0.717, 1.165) is 21.9 Å². The number of likely N-dealkylation sites (N-methyl/N-ethyl adjacent to an activating group) is 1. The second-order valence-electron chi connectivity index (χ2n) is 7.76. The molecule has 1 heterocycles. The van der Waals surface area contributed by atoms with Gasteiger partial charge in [-0.3, -0.25) is 4.79 Å². The fraction of sp³-hybridized carbons (Fsp3) is 0.381. The van der Waals surface area contributed by atoms with Crippen molar-refractivity contribution >= 4 is 15.9 Å². The number of hydrogen-bond donors (Lipinski definition) is 1. The van der Waals surface area contributed by atoms with Crippen LogP contribution in [0.4, 0.5) is 0 Å². The van der Waals surface area contributed by atoms with E-state index in [0.29, 0.717) is 12.0 Å². The first-order valence-electron chi connectivity index (χ1n) is 9.15. The van der Waals surface area contributed by atoms with Crippen LogP contribution < -0.4 is 10.1 Å². The number of nitrogens with zero attached hydrogens (tertiary/aromatic N) is 1. The van der Waals surface area contributed by atoms with Crippen LogP contribution in [0.2, 0.25) is 0 Å². The van der Waals surface area contributed by atoms with Crippen LogP contribution in [0.25, 0.3) is 0 Å². The van der Waals surface area contributed by atoms with Crippen molar-refractivity contribution in [3.63, 3.8) is 0 Å². The summed E-state index contributed by atoms with van der Waals surface area (Å²) in [5.41, 5.74) is 1.06. The maximum absolute atomic E-state index is 13.3. The van der Waals surface area contributed by atoms with Crippen LogP contribution in [-0.2, 0) is 14.8 Å². The van der Waals surface area contributed by atoms with Gasteiger partial charge in [0.25, 0.3) is 0 Å². The van der Waals surface area contributed by atoms with Crippen LogP contribution in [0.15, 0.2) is 54.6 Å². The molecule has 2 unspecified atom stereocenters. The lowest BCUT2D eigenvalue weighted by atomic mass is 9.89. The Kier molecular flexibility index (Phi) is 5.50. The minimum absolute atomic E-state index is 0.272. The van der Waals surface area contributed by atoms with Gasteiger partial charge in [0.1, 0.15) is 17.4 Å². The van der Waals surface area contributed by atoms with Crippen molar-refractivity contribution in [1.82, 2.24) is 9.62 Å². The molecule has 2 aromatic rings. The van der Waals surface area contributed by atoms with Crippen molar-refractivity contribution in [1.29, 1.82) is 0 Å². The Hall–Kier alpha value is -2.38. The Bertz CT molecular complexity index is 957. The second-order valence-corrected chi connectivity index (χ2v) is 9.80. The predicted octanol–water partition coefficient (Wildman–Crippen LogP) is 3.04. The molecule has 28 heavy (non-hydrogen) atoms. The Morgan fingerprint density at radius 2 is 1.75 bits per heavy atom. The zero-order valence-electron chi connectivity index (χ0n) is 16.5. The normalized spacial score (nSPS) is 19.4. The fourth-order valence-corrected chi connectivity index (χ4v) is 4.14. The lowest BCUT2D eigenvalue weighted by Gasteiger charge is -2.38. The summed E-state index contributed by atoms with van der Waals surface area (Å²) >= 11 is 0. The molecule has 7 heteroatoms. The molecule has 150 valence electrons. The van der Waals surface area contributed by atoms with Crippen molar-refractivity contribution in [2.45, 2.75) is 38.0 Å². The summed E-state index contributed by atoms with van der Waals surface area (Å²) in [5, 5.41) is 3.06. The van der Waals surface area contributed by atoms with Gasteiger partial charge in [-0.2, -0.15) is 4.31 Å². The minimum Gasteiger partial charge on any atom is -0.487 e. The zero-order chi connectivity index (χ0) is 20.5. The van der Waals surface area contributed by atoms with E-state index in [2.05, 4.69) is 5.32 Å². The number of rotatable bonds is 5. The molecule has 2 atom stereocenters. The molecule has 0 radical (unpaired) electrons. The van der Waals surface area contributed by atoms with E-state index in [1.54, 1.807) is 24.3 Å². The van der Waals surface area contributed by atoms with Crippen molar-refractivity contribution in [3.8, 4) is 5.75 Å². The van der Waals surface area contributed by atoms with Crippen molar-refractivity contribution in [3.05, 3.63) is 65.7 Å². The predicted molar refractivity (Wildman–Crippen MR) is 108 cm³/mol. The molecule has 0 saturated heterocycles. The number of para-hydroxylation sites is 1. The average Bonchev–Trinajstić information content (AvgIpc) is 2.61. The summed E-state index contributed by atoms with van der Waals surface area (Å²) in [6.45, 7) is 3.94. The SMILES string of the molecule is CN(C(C(=O)NC1CC(C)(C)Oc2ccccc21)c1ccccc1)S(C)(=O)=O. The topological polar surface area (TPSA) is 75.7 Å². The van der Waals surface area contributed by atoms with Crippen LogP contribution >= 0.6 is 0 Å². The number of hydrogen-bond acceptors (Lipinski definition) is 4. The van der Waals surface area contributed by atoms with E-state index in [9.17, 15) is 13.2 Å². The van der Waals surface area contributed by atoms with Crippen LogP contribution in [-0.4, -0.2) is 37.5 Å². The first kappa shape index (κ1) is 20.4. The highest BCUT2D eigenvalue weighted by Crippen LogP contribution is 2.39. The number of carbonyl (C=O) groups is 1. The molecular formula is C21H26N2O4S. The summed E-state index contributed by atoms with van der Waals surface area (Å²) < 4.78 is 31.5. The first-order valence-corrected chi connectivity index (χ1v) is 11.0. The van der Waals surface area contributed by atoms with Gasteiger partial charge in [-0.15, -0.1) is 0 Å². The van der Waals surface area contributed by atoms with Gasteiger partial charge in [0.15, 0.2) is 0 Å². The third-order valence-electron chi connectivity index (χ3n) is 4.94. The van der Waals surface area contributed by atoms with Gasteiger partial charge in [0.2, 0.25) is 15.9 Å². The van der Waals surface area contributed by atoms with E-state index in [1.165, 1.54) is 7.05 Å². The standard InChI is InChI=1S/C21H26N2O4S/c1-21(2)14-17(16-12-8-9-13-18(16)27-21)22-20(24)19(23(3)28(4,25)26)15-10-6-5-7-11-15/h5-13,17,19H,14H2,1-4H3,(H,22,24). The van der Waals surface area contributed by atoms with Crippen molar-refractivity contribution < 1.29 is 17.9 Å². The highest BCUT2D eigenvalue weighted by atomic mass is 32.2. The minimum atomic E-state index is -3.57. The lowest BCUT2D eigenvalue weighted by molar-refractivity contribution is -0.126. The second kappa shape index (κ2) is 7.56. The molecule has 6 nitrogen and oxygen atoms in total. The summed E-state index contributed by atoms with van der Waals surface area (Å²) in [4.78, 5) is 13.3. The van der Waals surface area contributed by atoms with Gasteiger partial charge >= 0.3 is 0 Å². The molecule has 2 aromatic carbocycles. The number of sulfonamides is 1. The number of carbonyl (C=O) groups excluding carboxylic acids is 1. The molecular weight excluding hydrogens is 376 g/mol. The number of ether oxygens (including phenoxy) is 1. The maximum atomic E-state index is 13.3. The molecule has 0 saturated carbocycles. The molecule has 1 amide bonds. The number of fused-ring (bicyclic) bond motifs is 1. The quantitative estimate of drug-likeness (QED) is 0.834. The fourth-order valence-electron chi connectivity index (χ4n) is 3.53. The molecule has 1 aliphatic heterocycles. The van der Waals surface area contributed by atoms with Crippen molar-refractivity contribution in [2.75, 3.05) is 13.3 Å². The lowest BCUT2D eigenvalue weighted by Crippen LogP contribution is -2.46. The molecule has 0 aliphatic carbocycles. The molecule has 0 fully saturated rings. The third kappa shape index (κ3) is 4.36. The third-order valence-corrected chi connectivity index (χ3v) is 6.20. The highest BCUT2D eigenvalue weighted by molar-refractivity contribution is 7.88. The summed E-state index contributed by atoms with van der Waals surface area (Å²) in [6, 6.07) is 15.3. The monoisotopic (exact) mass is 402 g/mol. The smallest absolute Gasteiger partial charge is 0.243 e. The number of nitrogens with one attached hydrogen (secondary N) is 1. The van der Waals surface area contributed by atoms with Crippen molar-refractivity contribution in [2.24, 2.45) is 0 Å². The Morgan fingerprint density at radius 3 is 2.39 bits per heavy atom. The highest BCUT2D eigenvalue weighted by Gasteiger charge is 2.37. The van der Waals surface area contributed by atoms with E-state index in [-0.39, 0.29) is 11.9 Å². The van der Waals surface area contributed by atoms with Gasteiger partial charge in [0, 0.05) is 19.0 Å². The number of benzene rings is 2. The van der Waals surface area contributed by atoms with Gasteiger partial charge in [0.05, 0.1) is 12.3 Å². The summed E-state index contributed by atoms with van der Waals surface area (Å²) in [6.07, 6.45) is 1.68. The van der Waals surface area contributed by atoms with Crippen LogP contribution in [0.3, 0.4) is 0 Å². The summed E-state index contributed by atoms with van der Waals surface area (Å²) in [5.74, 6) is 0.369. The van der Waals surface area contributed by atoms with Crippen LogP contribution in [0, 0.1) is 0 Å². The molecule has 3 rings (SSSR count). The molecule has 0 spiro atoms. The maximum Gasteiger partial charge on any atom is 0.243 e. The van der Waals surface area contributed by atoms with E-state index < -0.39 is 21.7 Å². The van der Waals surface area contributed by atoms with E-state index in [4.69, 9.17) is 4.74 Å². The zero-order valence-corrected chi connectivity index (χ0v) is 17.4.